The third-order valence-electron chi connectivity index (χ3n) is 2.61. The van der Waals surface area contributed by atoms with Crippen molar-refractivity contribution in [3.8, 4) is 5.75 Å². The van der Waals surface area contributed by atoms with Crippen LogP contribution in [0.3, 0.4) is 0 Å². The molecule has 1 rings (SSSR count). The van der Waals surface area contributed by atoms with Crippen LogP contribution in [0.5, 0.6) is 5.75 Å². The quantitative estimate of drug-likeness (QED) is 0.294. The molecule has 0 aliphatic heterocycles. The van der Waals surface area contributed by atoms with Crippen molar-refractivity contribution >= 4 is 12.2 Å². The number of unbranched alkanes of at least 4 members (excludes halogenated alkanes) is 3. The van der Waals surface area contributed by atoms with Crippen LogP contribution in [0.1, 0.15) is 38.2 Å². The largest absolute Gasteiger partial charge is 0.494 e. The molecular formula is C14H22N4O2. The Morgan fingerprint density at radius 2 is 2.25 bits per heavy atom. The Hall–Kier alpha value is -2.08. The molecule has 0 heterocycles. The third kappa shape index (κ3) is 6.75. The molecule has 1 aromatic carbocycles. The lowest BCUT2D eigenvalue weighted by atomic mass is 10.2. The summed E-state index contributed by atoms with van der Waals surface area (Å²) in [6.07, 6.45) is 6.26. The van der Waals surface area contributed by atoms with Crippen LogP contribution in [0.2, 0.25) is 0 Å². The zero-order valence-electron chi connectivity index (χ0n) is 11.7. The van der Waals surface area contributed by atoms with Crippen LogP contribution in [0.15, 0.2) is 34.5 Å². The molecule has 0 fully saturated rings. The minimum Gasteiger partial charge on any atom is -0.494 e. The van der Waals surface area contributed by atoms with Crippen LogP contribution in [0, 0.1) is 0 Å². The monoisotopic (exact) mass is 278 g/mol. The maximum atomic E-state index is 8.44. The zero-order chi connectivity index (χ0) is 14.6. The van der Waals surface area contributed by atoms with E-state index >= 15 is 0 Å². The molecule has 110 valence electrons. The molecule has 0 amide bonds. The molecule has 0 aliphatic rings. The summed E-state index contributed by atoms with van der Waals surface area (Å²) in [7, 11) is 0. The number of hydroxylamine groups is 1. The molecule has 0 saturated heterocycles. The molecule has 0 atom stereocenters. The molecular weight excluding hydrogens is 256 g/mol. The van der Waals surface area contributed by atoms with Gasteiger partial charge in [0.05, 0.1) is 12.8 Å². The Morgan fingerprint density at radius 3 is 3.00 bits per heavy atom. The number of nitrogens with two attached hydrogens (primary N) is 1. The van der Waals surface area contributed by atoms with E-state index in [0.29, 0.717) is 0 Å². The average molecular weight is 278 g/mol. The molecule has 4 N–H and O–H groups in total. The lowest BCUT2D eigenvalue weighted by molar-refractivity contribution is 0.232. The molecule has 20 heavy (non-hydrogen) atoms. The Labute approximate surface area is 119 Å². The van der Waals surface area contributed by atoms with Crippen molar-refractivity contribution in [1.82, 2.24) is 5.48 Å². The van der Waals surface area contributed by atoms with Gasteiger partial charge in [-0.15, -0.1) is 5.10 Å². The summed E-state index contributed by atoms with van der Waals surface area (Å²) < 4.78 is 5.67. The molecule has 0 radical (unpaired) electrons. The van der Waals surface area contributed by atoms with Crippen molar-refractivity contribution in [1.29, 1.82) is 0 Å². The average Bonchev–Trinajstić information content (AvgIpc) is 2.47. The van der Waals surface area contributed by atoms with E-state index in [0.717, 1.165) is 24.3 Å². The van der Waals surface area contributed by atoms with E-state index in [1.165, 1.54) is 25.5 Å². The number of rotatable bonds is 8. The Bertz CT molecular complexity index is 447. The van der Waals surface area contributed by atoms with Gasteiger partial charge >= 0.3 is 0 Å². The van der Waals surface area contributed by atoms with E-state index in [-0.39, 0.29) is 5.96 Å². The Kier molecular flexibility index (Phi) is 7.83. The highest BCUT2D eigenvalue weighted by Crippen LogP contribution is 2.13. The van der Waals surface area contributed by atoms with E-state index in [2.05, 4.69) is 17.1 Å². The van der Waals surface area contributed by atoms with Crippen molar-refractivity contribution in [2.24, 2.45) is 15.9 Å². The third-order valence-corrected chi connectivity index (χ3v) is 2.61. The van der Waals surface area contributed by atoms with Gasteiger partial charge in [-0.3, -0.25) is 5.21 Å². The fourth-order valence-corrected chi connectivity index (χ4v) is 1.58. The van der Waals surface area contributed by atoms with Gasteiger partial charge in [-0.1, -0.05) is 38.3 Å². The molecule has 6 nitrogen and oxygen atoms in total. The fraction of sp³-hybridized carbons (Fsp3) is 0.429. The van der Waals surface area contributed by atoms with Crippen LogP contribution < -0.4 is 16.0 Å². The van der Waals surface area contributed by atoms with Gasteiger partial charge in [-0.25, -0.2) is 5.48 Å². The van der Waals surface area contributed by atoms with Crippen LogP contribution in [0.25, 0.3) is 0 Å². The standard InChI is InChI=1S/C14H22N4O2/c1-2-3-4-5-9-20-13-8-6-7-12(10-13)11-16-17-14(15)18-19/h6-8,10-11,19H,2-5,9H2,1H3,(H3,15,17,18). The highest BCUT2D eigenvalue weighted by Gasteiger charge is 1.95. The van der Waals surface area contributed by atoms with Crippen molar-refractivity contribution in [2.75, 3.05) is 6.61 Å². The van der Waals surface area contributed by atoms with E-state index in [1.54, 1.807) is 5.48 Å². The van der Waals surface area contributed by atoms with Gasteiger partial charge in [0.2, 0.25) is 5.96 Å². The van der Waals surface area contributed by atoms with Gasteiger partial charge in [0, 0.05) is 0 Å². The van der Waals surface area contributed by atoms with Crippen LogP contribution >= 0.6 is 0 Å². The second-order valence-corrected chi connectivity index (χ2v) is 4.32. The summed E-state index contributed by atoms with van der Waals surface area (Å²) in [6, 6.07) is 7.55. The molecule has 0 aromatic heterocycles. The number of ether oxygens (including phenoxy) is 1. The number of guanidine groups is 1. The van der Waals surface area contributed by atoms with E-state index in [4.69, 9.17) is 15.7 Å². The molecule has 6 heteroatoms. The first-order valence-electron chi connectivity index (χ1n) is 6.75. The molecule has 0 unspecified atom stereocenters. The Morgan fingerprint density at radius 1 is 1.40 bits per heavy atom. The van der Waals surface area contributed by atoms with Crippen molar-refractivity contribution < 1.29 is 9.94 Å². The minimum absolute atomic E-state index is 0.162. The lowest BCUT2D eigenvalue weighted by Gasteiger charge is -2.06. The number of benzene rings is 1. The van der Waals surface area contributed by atoms with Gasteiger partial charge < -0.3 is 10.5 Å². The lowest BCUT2D eigenvalue weighted by Crippen LogP contribution is -2.27. The summed E-state index contributed by atoms with van der Waals surface area (Å²) in [5.74, 6) is 0.646. The number of hydrogen-bond donors (Lipinski definition) is 3. The highest BCUT2D eigenvalue weighted by atomic mass is 16.5. The first-order valence-corrected chi connectivity index (χ1v) is 6.75. The van der Waals surface area contributed by atoms with Crippen LogP contribution in [0.4, 0.5) is 0 Å². The number of nitrogens with one attached hydrogen (secondary N) is 1. The van der Waals surface area contributed by atoms with E-state index < -0.39 is 0 Å². The van der Waals surface area contributed by atoms with Gasteiger partial charge in [0.15, 0.2) is 0 Å². The van der Waals surface area contributed by atoms with Crippen LogP contribution in [-0.4, -0.2) is 24.0 Å². The van der Waals surface area contributed by atoms with Gasteiger partial charge in [-0.05, 0) is 24.1 Å². The molecule has 1 aromatic rings. The first-order chi connectivity index (χ1) is 9.76. The highest BCUT2D eigenvalue weighted by molar-refractivity contribution is 5.82. The number of hydrogen-bond acceptors (Lipinski definition) is 4. The fourth-order valence-electron chi connectivity index (χ4n) is 1.58. The van der Waals surface area contributed by atoms with Crippen molar-refractivity contribution in [2.45, 2.75) is 32.6 Å². The number of nitrogens with zero attached hydrogens (tertiary/aromatic N) is 2. The predicted octanol–water partition coefficient (Wildman–Crippen LogP) is 2.27. The summed E-state index contributed by atoms with van der Waals surface area (Å²) in [5, 5.41) is 15.7. The van der Waals surface area contributed by atoms with Crippen molar-refractivity contribution in [3.63, 3.8) is 0 Å². The molecule has 0 aliphatic carbocycles. The van der Waals surface area contributed by atoms with Crippen molar-refractivity contribution in [3.05, 3.63) is 29.8 Å². The normalized spacial score (nSPS) is 11.8. The maximum Gasteiger partial charge on any atom is 0.237 e. The van der Waals surface area contributed by atoms with Crippen LogP contribution in [-0.2, 0) is 0 Å². The second kappa shape index (κ2) is 9.80. The first kappa shape index (κ1) is 16.0. The summed E-state index contributed by atoms with van der Waals surface area (Å²) in [5.41, 5.74) is 7.77. The molecule has 0 bridgehead atoms. The summed E-state index contributed by atoms with van der Waals surface area (Å²) in [4.78, 5) is 0. The SMILES string of the molecule is CCCCCCOc1cccc(C=N/N=C(\N)NO)c1. The molecule has 0 spiro atoms. The topological polar surface area (TPSA) is 92.2 Å². The summed E-state index contributed by atoms with van der Waals surface area (Å²) >= 11 is 0. The molecule has 0 saturated carbocycles. The minimum atomic E-state index is -0.162. The van der Waals surface area contributed by atoms with Gasteiger partial charge in [0.1, 0.15) is 5.75 Å². The zero-order valence-corrected chi connectivity index (χ0v) is 11.7. The maximum absolute atomic E-state index is 8.44. The van der Waals surface area contributed by atoms with Gasteiger partial charge in [-0.2, -0.15) is 5.10 Å². The van der Waals surface area contributed by atoms with Gasteiger partial charge in [0.25, 0.3) is 0 Å². The summed E-state index contributed by atoms with van der Waals surface area (Å²) in [6.45, 7) is 2.91. The smallest absolute Gasteiger partial charge is 0.237 e. The Balaban J connectivity index is 2.45. The van der Waals surface area contributed by atoms with E-state index in [9.17, 15) is 0 Å². The van der Waals surface area contributed by atoms with E-state index in [1.807, 2.05) is 24.3 Å². The second-order valence-electron chi connectivity index (χ2n) is 4.32. The predicted molar refractivity (Wildman–Crippen MR) is 80.2 cm³/mol.